The van der Waals surface area contributed by atoms with Gasteiger partial charge in [0.2, 0.25) is 5.88 Å². The Bertz CT molecular complexity index is 1520. The fourth-order valence-corrected chi connectivity index (χ4v) is 4.34. The number of aromatic hydroxyl groups is 1. The third-order valence-corrected chi connectivity index (χ3v) is 6.04. The third-order valence-electron chi connectivity index (χ3n) is 6.04. The van der Waals surface area contributed by atoms with E-state index in [1.165, 1.54) is 0 Å². The number of nitrogens with zero attached hydrogens (tertiary/aromatic N) is 2. The lowest BCUT2D eigenvalue weighted by atomic mass is 9.99. The molecule has 172 valence electrons. The van der Waals surface area contributed by atoms with Gasteiger partial charge in [-0.05, 0) is 35.9 Å². The van der Waals surface area contributed by atoms with Crippen LogP contribution in [0.4, 0.5) is 5.69 Å². The van der Waals surface area contributed by atoms with Crippen molar-refractivity contribution in [2.45, 2.75) is 6.54 Å². The predicted molar refractivity (Wildman–Crippen MR) is 134 cm³/mol. The molecule has 0 atom stereocenters. The van der Waals surface area contributed by atoms with Crippen LogP contribution in [0.1, 0.15) is 5.56 Å². The number of benzene rings is 3. The average molecular weight is 456 g/mol. The summed E-state index contributed by atoms with van der Waals surface area (Å²) in [4.78, 5) is 4.92. The van der Waals surface area contributed by atoms with E-state index in [4.69, 9.17) is 24.9 Å². The quantitative estimate of drug-likeness (QED) is 0.365. The molecule has 2 heterocycles. The van der Waals surface area contributed by atoms with E-state index in [-0.39, 0.29) is 5.88 Å². The maximum Gasteiger partial charge on any atom is 0.203 e. The first-order valence-electron chi connectivity index (χ1n) is 10.8. The van der Waals surface area contributed by atoms with Gasteiger partial charge in [0, 0.05) is 22.7 Å². The zero-order valence-electron chi connectivity index (χ0n) is 19.2. The summed E-state index contributed by atoms with van der Waals surface area (Å²) in [5.41, 5.74) is 11.1. The highest BCUT2D eigenvalue weighted by atomic mass is 16.5. The number of nitrogens with two attached hydrogens (primary N) is 1. The number of fused-ring (bicyclic) bond motifs is 2. The first kappa shape index (κ1) is 21.5. The Hall–Kier alpha value is -4.39. The van der Waals surface area contributed by atoms with E-state index in [0.717, 1.165) is 33.3 Å². The third kappa shape index (κ3) is 3.51. The summed E-state index contributed by atoms with van der Waals surface area (Å²) in [6.45, 7) is 0.450. The molecule has 7 heteroatoms. The molecule has 0 saturated heterocycles. The molecule has 0 aliphatic carbocycles. The van der Waals surface area contributed by atoms with Crippen LogP contribution >= 0.6 is 0 Å². The molecule has 0 amide bonds. The van der Waals surface area contributed by atoms with Crippen LogP contribution in [-0.4, -0.2) is 36.0 Å². The Kier molecular flexibility index (Phi) is 5.37. The van der Waals surface area contributed by atoms with Gasteiger partial charge in [0.15, 0.2) is 0 Å². The maximum atomic E-state index is 11.0. The topological polar surface area (TPSA) is 91.8 Å². The zero-order valence-corrected chi connectivity index (χ0v) is 19.2. The monoisotopic (exact) mass is 455 g/mol. The Morgan fingerprint density at radius 3 is 2.41 bits per heavy atom. The molecule has 0 aliphatic heterocycles. The summed E-state index contributed by atoms with van der Waals surface area (Å²) < 4.78 is 18.1. The molecule has 7 nitrogen and oxygen atoms in total. The first-order valence-corrected chi connectivity index (χ1v) is 10.8. The highest BCUT2D eigenvalue weighted by Crippen LogP contribution is 2.41. The van der Waals surface area contributed by atoms with E-state index in [0.29, 0.717) is 34.6 Å². The van der Waals surface area contributed by atoms with Gasteiger partial charge in [-0.1, -0.05) is 30.3 Å². The summed E-state index contributed by atoms with van der Waals surface area (Å²) in [6, 6.07) is 19.2. The van der Waals surface area contributed by atoms with Gasteiger partial charge < -0.3 is 29.6 Å². The largest absolute Gasteiger partial charge is 0.497 e. The average Bonchev–Trinajstić information content (AvgIpc) is 3.18. The normalized spacial score (nSPS) is 11.1. The van der Waals surface area contributed by atoms with Crippen LogP contribution in [-0.2, 0) is 6.54 Å². The minimum absolute atomic E-state index is 0.0779. The van der Waals surface area contributed by atoms with Crippen LogP contribution in [0.5, 0.6) is 23.1 Å². The van der Waals surface area contributed by atoms with Crippen LogP contribution in [0, 0.1) is 0 Å². The Labute approximate surface area is 196 Å². The van der Waals surface area contributed by atoms with Crippen LogP contribution < -0.4 is 19.9 Å². The second-order valence-corrected chi connectivity index (χ2v) is 7.99. The van der Waals surface area contributed by atoms with Crippen molar-refractivity contribution in [3.8, 4) is 34.3 Å². The van der Waals surface area contributed by atoms with Gasteiger partial charge in [0.25, 0.3) is 0 Å². The summed E-state index contributed by atoms with van der Waals surface area (Å²) in [6.07, 6.45) is 1.82. The number of anilines is 1. The van der Waals surface area contributed by atoms with E-state index in [2.05, 4.69) is 0 Å². The van der Waals surface area contributed by atoms with Gasteiger partial charge in [0.1, 0.15) is 17.2 Å². The van der Waals surface area contributed by atoms with Crippen molar-refractivity contribution in [3.05, 3.63) is 72.4 Å². The lowest BCUT2D eigenvalue weighted by Crippen LogP contribution is -1.97. The van der Waals surface area contributed by atoms with Crippen molar-refractivity contribution in [1.29, 1.82) is 0 Å². The highest BCUT2D eigenvalue weighted by Gasteiger charge is 2.19. The molecule has 0 saturated carbocycles. The zero-order chi connectivity index (χ0) is 23.8. The maximum absolute atomic E-state index is 11.0. The van der Waals surface area contributed by atoms with E-state index in [1.807, 2.05) is 66.9 Å². The lowest BCUT2D eigenvalue weighted by molar-refractivity contribution is 0.404. The van der Waals surface area contributed by atoms with E-state index < -0.39 is 0 Å². The van der Waals surface area contributed by atoms with Crippen molar-refractivity contribution < 1.29 is 19.3 Å². The second-order valence-electron chi connectivity index (χ2n) is 7.99. The van der Waals surface area contributed by atoms with Crippen molar-refractivity contribution in [1.82, 2.24) is 9.55 Å². The van der Waals surface area contributed by atoms with Gasteiger partial charge in [-0.25, -0.2) is 4.98 Å². The highest BCUT2D eigenvalue weighted by molar-refractivity contribution is 6.12. The molecular weight excluding hydrogens is 430 g/mol. The standard InChI is InChI=1S/C27H25N3O4/c1-32-17-7-4-6-16(12-17)14-30-15-22-24(27(30)31)25(28)20-9-5-8-19(26(20)29-22)21-13-18(33-2)10-11-23(21)34-3/h4-13,15,31H,14,28H2,1-3H3. The number of hydrogen-bond donors (Lipinski definition) is 2. The van der Waals surface area contributed by atoms with Crippen LogP contribution in [0.15, 0.2) is 66.9 Å². The summed E-state index contributed by atoms with van der Waals surface area (Å²) in [5.74, 6) is 2.25. The minimum atomic E-state index is 0.0779. The SMILES string of the molecule is COc1cccc(Cn2cc3nc4c(-c5cc(OC)ccc5OC)cccc4c(N)c3c2O)c1. The van der Waals surface area contributed by atoms with E-state index in [1.54, 1.807) is 25.9 Å². The van der Waals surface area contributed by atoms with E-state index >= 15 is 0 Å². The summed E-state index contributed by atoms with van der Waals surface area (Å²) >= 11 is 0. The number of pyridine rings is 1. The number of methoxy groups -OCH3 is 3. The molecule has 2 aromatic heterocycles. The lowest BCUT2D eigenvalue weighted by Gasteiger charge is -2.13. The van der Waals surface area contributed by atoms with Crippen molar-refractivity contribution in [3.63, 3.8) is 0 Å². The number of hydrogen-bond acceptors (Lipinski definition) is 6. The smallest absolute Gasteiger partial charge is 0.203 e. The molecule has 0 radical (unpaired) electrons. The molecule has 3 N–H and O–H groups in total. The molecule has 34 heavy (non-hydrogen) atoms. The van der Waals surface area contributed by atoms with Crippen LogP contribution in [0.3, 0.4) is 0 Å². The molecule has 0 fully saturated rings. The summed E-state index contributed by atoms with van der Waals surface area (Å²) in [5, 5.41) is 12.3. The Balaban J connectivity index is 1.70. The minimum Gasteiger partial charge on any atom is -0.497 e. The molecule has 0 bridgehead atoms. The fraction of sp³-hybridized carbons (Fsp3) is 0.148. The molecule has 5 rings (SSSR count). The predicted octanol–water partition coefficient (Wildman–Crippen LogP) is 5.22. The van der Waals surface area contributed by atoms with E-state index in [9.17, 15) is 5.11 Å². The number of aromatic nitrogens is 2. The molecule has 5 aromatic rings. The fourth-order valence-electron chi connectivity index (χ4n) is 4.34. The van der Waals surface area contributed by atoms with Crippen molar-refractivity contribution >= 4 is 27.5 Å². The Morgan fingerprint density at radius 1 is 0.882 bits per heavy atom. The van der Waals surface area contributed by atoms with Gasteiger partial charge in [-0.2, -0.15) is 0 Å². The molecule has 0 spiro atoms. The number of rotatable bonds is 6. The van der Waals surface area contributed by atoms with Gasteiger partial charge in [-0.15, -0.1) is 0 Å². The molecule has 3 aromatic carbocycles. The number of nitrogen functional groups attached to an aromatic ring is 1. The van der Waals surface area contributed by atoms with Gasteiger partial charge >= 0.3 is 0 Å². The van der Waals surface area contributed by atoms with Gasteiger partial charge in [-0.3, -0.25) is 0 Å². The van der Waals surface area contributed by atoms with Crippen molar-refractivity contribution in [2.24, 2.45) is 0 Å². The Morgan fingerprint density at radius 2 is 1.65 bits per heavy atom. The number of ether oxygens (including phenoxy) is 3. The van der Waals surface area contributed by atoms with Crippen LogP contribution in [0.2, 0.25) is 0 Å². The first-order chi connectivity index (χ1) is 16.5. The molecule has 0 aliphatic rings. The van der Waals surface area contributed by atoms with Gasteiger partial charge in [0.05, 0.1) is 50.0 Å². The molecular formula is C27H25N3O4. The van der Waals surface area contributed by atoms with Crippen molar-refractivity contribution in [2.75, 3.05) is 27.1 Å². The van der Waals surface area contributed by atoms with Crippen LogP contribution in [0.25, 0.3) is 32.9 Å². The second kappa shape index (κ2) is 8.51. The summed E-state index contributed by atoms with van der Waals surface area (Å²) in [7, 11) is 4.89. The molecule has 0 unspecified atom stereocenters. The number of para-hydroxylation sites is 1.